The highest BCUT2D eigenvalue weighted by Gasteiger charge is 2.06. The van der Waals surface area contributed by atoms with Crippen LogP contribution in [0.25, 0.3) is 0 Å². The summed E-state index contributed by atoms with van der Waals surface area (Å²) < 4.78 is 0. The van der Waals surface area contributed by atoms with Gasteiger partial charge in [-0.2, -0.15) is 11.8 Å². The molecule has 0 spiro atoms. The van der Waals surface area contributed by atoms with Gasteiger partial charge in [-0.3, -0.25) is 0 Å². The van der Waals surface area contributed by atoms with E-state index in [1.807, 2.05) is 24.9 Å². The SMILES string of the molecule is CCCc1nc(NC)cc(NC(C)CSCC)n1. The third-order valence-corrected chi connectivity index (χ3v) is 3.61. The summed E-state index contributed by atoms with van der Waals surface area (Å²) >= 11 is 1.94. The standard InChI is InChI=1S/C13H24N4S/c1-5-7-11-16-12(14-4)8-13(17-11)15-10(3)9-18-6-2/h8,10H,5-7,9H2,1-4H3,(H2,14,15,16,17). The maximum Gasteiger partial charge on any atom is 0.133 e. The number of hydrogen-bond acceptors (Lipinski definition) is 5. The molecule has 0 aromatic carbocycles. The van der Waals surface area contributed by atoms with E-state index in [9.17, 15) is 0 Å². The summed E-state index contributed by atoms with van der Waals surface area (Å²) in [5.74, 6) is 4.95. The fourth-order valence-electron chi connectivity index (χ4n) is 1.62. The van der Waals surface area contributed by atoms with Gasteiger partial charge in [0.1, 0.15) is 17.5 Å². The van der Waals surface area contributed by atoms with Gasteiger partial charge in [-0.05, 0) is 19.1 Å². The fraction of sp³-hybridized carbons (Fsp3) is 0.692. The van der Waals surface area contributed by atoms with E-state index in [1.165, 1.54) is 0 Å². The predicted octanol–water partition coefficient (Wildman–Crippen LogP) is 3.02. The Bertz CT molecular complexity index is 357. The van der Waals surface area contributed by atoms with Crippen molar-refractivity contribution in [1.29, 1.82) is 0 Å². The van der Waals surface area contributed by atoms with Gasteiger partial charge in [0.15, 0.2) is 0 Å². The minimum Gasteiger partial charge on any atom is -0.373 e. The predicted molar refractivity (Wildman–Crippen MR) is 81.7 cm³/mol. The highest BCUT2D eigenvalue weighted by Crippen LogP contribution is 2.14. The summed E-state index contributed by atoms with van der Waals surface area (Å²) in [5, 5.41) is 6.52. The first kappa shape index (κ1) is 15.1. The van der Waals surface area contributed by atoms with Gasteiger partial charge >= 0.3 is 0 Å². The number of hydrogen-bond donors (Lipinski definition) is 2. The molecular weight excluding hydrogens is 244 g/mol. The summed E-state index contributed by atoms with van der Waals surface area (Å²) in [7, 11) is 1.89. The van der Waals surface area contributed by atoms with Crippen molar-refractivity contribution in [3.63, 3.8) is 0 Å². The molecule has 1 unspecified atom stereocenters. The third-order valence-electron chi connectivity index (χ3n) is 2.47. The molecule has 1 heterocycles. The number of aryl methyl sites for hydroxylation is 1. The lowest BCUT2D eigenvalue weighted by atomic mass is 10.3. The van der Waals surface area contributed by atoms with Crippen LogP contribution in [0.15, 0.2) is 6.07 Å². The molecule has 0 bridgehead atoms. The van der Waals surface area contributed by atoms with E-state index in [0.717, 1.165) is 41.8 Å². The zero-order valence-corrected chi connectivity index (χ0v) is 12.6. The molecule has 2 N–H and O–H groups in total. The topological polar surface area (TPSA) is 49.8 Å². The number of nitrogens with one attached hydrogen (secondary N) is 2. The van der Waals surface area contributed by atoms with Crippen LogP contribution in [0.1, 0.15) is 33.0 Å². The third kappa shape index (κ3) is 5.12. The molecule has 5 heteroatoms. The van der Waals surface area contributed by atoms with Crippen LogP contribution in [0.3, 0.4) is 0 Å². The normalized spacial score (nSPS) is 12.2. The minimum absolute atomic E-state index is 0.420. The zero-order chi connectivity index (χ0) is 13.4. The molecule has 0 saturated heterocycles. The second-order valence-corrected chi connectivity index (χ2v) is 5.58. The zero-order valence-electron chi connectivity index (χ0n) is 11.8. The lowest BCUT2D eigenvalue weighted by Gasteiger charge is -2.15. The molecule has 0 aliphatic carbocycles. The number of rotatable bonds is 8. The maximum atomic E-state index is 4.55. The van der Waals surface area contributed by atoms with Crippen LogP contribution in [-0.4, -0.2) is 34.6 Å². The van der Waals surface area contributed by atoms with Gasteiger partial charge in [0.2, 0.25) is 0 Å². The molecule has 18 heavy (non-hydrogen) atoms. The minimum atomic E-state index is 0.420. The Hall–Kier alpha value is -0.970. The summed E-state index contributed by atoms with van der Waals surface area (Å²) in [5.41, 5.74) is 0. The van der Waals surface area contributed by atoms with Gasteiger partial charge in [-0.15, -0.1) is 0 Å². The van der Waals surface area contributed by atoms with Crippen molar-refractivity contribution in [2.24, 2.45) is 0 Å². The van der Waals surface area contributed by atoms with Crippen molar-refractivity contribution >= 4 is 23.4 Å². The molecule has 4 nitrogen and oxygen atoms in total. The number of aromatic nitrogens is 2. The number of thioether (sulfide) groups is 1. The summed E-state index contributed by atoms with van der Waals surface area (Å²) in [6.45, 7) is 6.51. The van der Waals surface area contributed by atoms with Crippen LogP contribution in [0.4, 0.5) is 11.6 Å². The van der Waals surface area contributed by atoms with E-state index in [4.69, 9.17) is 0 Å². The van der Waals surface area contributed by atoms with Crippen molar-refractivity contribution in [2.45, 2.75) is 39.7 Å². The molecule has 0 aliphatic heterocycles. The number of anilines is 2. The molecule has 102 valence electrons. The van der Waals surface area contributed by atoms with Gasteiger partial charge < -0.3 is 10.6 Å². The van der Waals surface area contributed by atoms with Gasteiger partial charge in [-0.1, -0.05) is 13.8 Å². The van der Waals surface area contributed by atoms with E-state index in [2.05, 4.69) is 41.4 Å². The Morgan fingerprint density at radius 2 is 2.00 bits per heavy atom. The first-order chi connectivity index (χ1) is 8.69. The van der Waals surface area contributed by atoms with Crippen LogP contribution >= 0.6 is 11.8 Å². The molecule has 0 aliphatic rings. The van der Waals surface area contributed by atoms with E-state index in [-0.39, 0.29) is 0 Å². The van der Waals surface area contributed by atoms with E-state index >= 15 is 0 Å². The van der Waals surface area contributed by atoms with Gasteiger partial charge in [0.25, 0.3) is 0 Å². The van der Waals surface area contributed by atoms with Crippen molar-refractivity contribution in [3.05, 3.63) is 11.9 Å². The van der Waals surface area contributed by atoms with Gasteiger partial charge in [0.05, 0.1) is 0 Å². The van der Waals surface area contributed by atoms with Crippen molar-refractivity contribution in [1.82, 2.24) is 9.97 Å². The highest BCUT2D eigenvalue weighted by molar-refractivity contribution is 7.99. The van der Waals surface area contributed by atoms with Crippen LogP contribution < -0.4 is 10.6 Å². The molecule has 1 atom stereocenters. The molecular formula is C13H24N4S. The van der Waals surface area contributed by atoms with Gasteiger partial charge in [0, 0.05) is 31.3 Å². The van der Waals surface area contributed by atoms with Crippen LogP contribution in [0.2, 0.25) is 0 Å². The first-order valence-corrected chi connectivity index (χ1v) is 7.75. The van der Waals surface area contributed by atoms with Crippen LogP contribution in [-0.2, 0) is 6.42 Å². The Morgan fingerprint density at radius 3 is 2.61 bits per heavy atom. The van der Waals surface area contributed by atoms with Crippen molar-refractivity contribution < 1.29 is 0 Å². The monoisotopic (exact) mass is 268 g/mol. The summed E-state index contributed by atoms with van der Waals surface area (Å²) in [6, 6.07) is 2.38. The summed E-state index contributed by atoms with van der Waals surface area (Å²) in [4.78, 5) is 8.99. The molecule has 0 saturated carbocycles. The molecule has 1 rings (SSSR count). The Morgan fingerprint density at radius 1 is 1.28 bits per heavy atom. The van der Waals surface area contributed by atoms with Crippen molar-refractivity contribution in [3.8, 4) is 0 Å². The lowest BCUT2D eigenvalue weighted by molar-refractivity contribution is 0.826. The summed E-state index contributed by atoms with van der Waals surface area (Å²) in [6.07, 6.45) is 1.98. The van der Waals surface area contributed by atoms with E-state index in [0.29, 0.717) is 6.04 Å². The van der Waals surface area contributed by atoms with Crippen molar-refractivity contribution in [2.75, 3.05) is 29.2 Å². The van der Waals surface area contributed by atoms with E-state index in [1.54, 1.807) is 0 Å². The lowest BCUT2D eigenvalue weighted by Crippen LogP contribution is -2.19. The average Bonchev–Trinajstić information content (AvgIpc) is 2.36. The molecule has 0 radical (unpaired) electrons. The smallest absolute Gasteiger partial charge is 0.133 e. The number of nitrogens with zero attached hydrogens (tertiary/aromatic N) is 2. The maximum absolute atomic E-state index is 4.55. The second kappa shape index (κ2) is 8.19. The molecule has 0 fully saturated rings. The molecule has 0 amide bonds. The Balaban J connectivity index is 2.71. The largest absolute Gasteiger partial charge is 0.373 e. The quantitative estimate of drug-likeness (QED) is 0.759. The first-order valence-electron chi connectivity index (χ1n) is 6.59. The average molecular weight is 268 g/mol. The molecule has 1 aromatic rings. The van der Waals surface area contributed by atoms with Gasteiger partial charge in [-0.25, -0.2) is 9.97 Å². The fourth-order valence-corrected chi connectivity index (χ4v) is 2.30. The Labute approximate surface area is 114 Å². The highest BCUT2D eigenvalue weighted by atomic mass is 32.2. The van der Waals surface area contributed by atoms with Crippen LogP contribution in [0.5, 0.6) is 0 Å². The van der Waals surface area contributed by atoms with Crippen LogP contribution in [0, 0.1) is 0 Å². The van der Waals surface area contributed by atoms with E-state index < -0.39 is 0 Å². The molecule has 1 aromatic heterocycles. The second-order valence-electron chi connectivity index (χ2n) is 4.26. The Kier molecular flexibility index (Phi) is 6.86.